The SMILES string of the molecule is CC(=O)Nc1ccc(C)c(NC(=O)CSCc2nc3sc4c(c3c(=O)[nH]2)CCC4)c1. The number of anilines is 2. The van der Waals surface area contributed by atoms with E-state index < -0.39 is 0 Å². The van der Waals surface area contributed by atoms with Crippen LogP contribution in [-0.4, -0.2) is 27.5 Å². The molecular formula is C21H22N4O3S2. The molecule has 0 spiro atoms. The summed E-state index contributed by atoms with van der Waals surface area (Å²) in [5, 5.41) is 6.33. The number of hydrogen-bond acceptors (Lipinski definition) is 6. The van der Waals surface area contributed by atoms with E-state index >= 15 is 0 Å². The Labute approximate surface area is 181 Å². The minimum atomic E-state index is -0.166. The van der Waals surface area contributed by atoms with Gasteiger partial charge in [-0.3, -0.25) is 14.4 Å². The Morgan fingerprint density at radius 1 is 1.27 bits per heavy atom. The number of thiophene rings is 1. The molecule has 2 heterocycles. The molecule has 0 bridgehead atoms. The number of rotatable bonds is 6. The van der Waals surface area contributed by atoms with Crippen LogP contribution < -0.4 is 16.2 Å². The summed E-state index contributed by atoms with van der Waals surface area (Å²) in [5.74, 6) is 0.954. The standard InChI is InChI=1S/C21H22N4O3S2/c1-11-6-7-13(22-12(2)26)8-15(11)23-18(27)10-29-9-17-24-20(28)19-14-4-3-5-16(14)30-21(19)25-17/h6-8H,3-5,9-10H2,1-2H3,(H,22,26)(H,23,27)(H,24,25,28). The van der Waals surface area contributed by atoms with E-state index in [1.54, 1.807) is 23.5 Å². The molecule has 1 aromatic carbocycles. The number of aryl methyl sites for hydroxylation is 3. The van der Waals surface area contributed by atoms with Gasteiger partial charge in [-0.25, -0.2) is 4.98 Å². The molecule has 2 amide bonds. The van der Waals surface area contributed by atoms with Crippen LogP contribution in [0.5, 0.6) is 0 Å². The average molecular weight is 443 g/mol. The summed E-state index contributed by atoms with van der Waals surface area (Å²) in [7, 11) is 0. The van der Waals surface area contributed by atoms with Gasteiger partial charge in [-0.2, -0.15) is 0 Å². The van der Waals surface area contributed by atoms with E-state index in [0.29, 0.717) is 23.0 Å². The highest BCUT2D eigenvalue weighted by Crippen LogP contribution is 2.34. The van der Waals surface area contributed by atoms with Crippen LogP contribution in [0.2, 0.25) is 0 Å². The van der Waals surface area contributed by atoms with Crippen molar-refractivity contribution < 1.29 is 9.59 Å². The number of thioether (sulfide) groups is 1. The molecule has 2 aromatic heterocycles. The topological polar surface area (TPSA) is 104 Å². The molecule has 3 aromatic rings. The first-order valence-electron chi connectivity index (χ1n) is 9.70. The molecule has 1 aliphatic carbocycles. The number of nitrogens with zero attached hydrogens (tertiary/aromatic N) is 1. The lowest BCUT2D eigenvalue weighted by atomic mass is 10.2. The number of H-pyrrole nitrogens is 1. The smallest absolute Gasteiger partial charge is 0.259 e. The van der Waals surface area contributed by atoms with Crippen molar-refractivity contribution in [1.82, 2.24) is 9.97 Å². The fourth-order valence-corrected chi connectivity index (χ4v) is 5.55. The molecule has 7 nitrogen and oxygen atoms in total. The second kappa shape index (κ2) is 8.61. The predicted octanol–water partition coefficient (Wildman–Crippen LogP) is 3.61. The summed E-state index contributed by atoms with van der Waals surface area (Å²) in [5.41, 5.74) is 3.29. The third kappa shape index (κ3) is 4.41. The van der Waals surface area contributed by atoms with Gasteiger partial charge in [0.2, 0.25) is 11.8 Å². The van der Waals surface area contributed by atoms with E-state index in [1.165, 1.54) is 29.1 Å². The van der Waals surface area contributed by atoms with Crippen LogP contribution in [0.1, 0.15) is 35.2 Å². The normalized spacial score (nSPS) is 12.7. The molecule has 0 saturated heterocycles. The van der Waals surface area contributed by atoms with E-state index in [-0.39, 0.29) is 23.1 Å². The zero-order valence-corrected chi connectivity index (χ0v) is 18.4. The monoisotopic (exact) mass is 442 g/mol. The van der Waals surface area contributed by atoms with Gasteiger partial charge < -0.3 is 15.6 Å². The third-order valence-electron chi connectivity index (χ3n) is 4.93. The number of amides is 2. The molecule has 0 fully saturated rings. The quantitative estimate of drug-likeness (QED) is 0.541. The van der Waals surface area contributed by atoms with Crippen molar-refractivity contribution in [2.45, 2.75) is 38.9 Å². The molecule has 0 unspecified atom stereocenters. The minimum Gasteiger partial charge on any atom is -0.326 e. The molecule has 3 N–H and O–H groups in total. The fourth-order valence-electron chi connectivity index (χ4n) is 3.58. The highest BCUT2D eigenvalue weighted by atomic mass is 32.2. The maximum Gasteiger partial charge on any atom is 0.259 e. The molecule has 9 heteroatoms. The minimum absolute atomic E-state index is 0.0788. The van der Waals surface area contributed by atoms with E-state index in [2.05, 4.69) is 20.6 Å². The maximum absolute atomic E-state index is 12.5. The van der Waals surface area contributed by atoms with E-state index in [4.69, 9.17) is 0 Å². The van der Waals surface area contributed by atoms with Crippen molar-refractivity contribution >= 4 is 56.5 Å². The van der Waals surface area contributed by atoms with Crippen molar-refractivity contribution in [3.05, 3.63) is 50.4 Å². The van der Waals surface area contributed by atoms with Crippen LogP contribution in [0.15, 0.2) is 23.0 Å². The highest BCUT2D eigenvalue weighted by molar-refractivity contribution is 7.99. The van der Waals surface area contributed by atoms with Gasteiger partial charge >= 0.3 is 0 Å². The van der Waals surface area contributed by atoms with Crippen molar-refractivity contribution in [1.29, 1.82) is 0 Å². The zero-order chi connectivity index (χ0) is 21.3. The number of aromatic amines is 1. The Bertz CT molecular complexity index is 1200. The first kappa shape index (κ1) is 20.6. The van der Waals surface area contributed by atoms with Gasteiger partial charge in [0.05, 0.1) is 16.9 Å². The molecule has 1 aliphatic rings. The summed E-state index contributed by atoms with van der Waals surface area (Å²) < 4.78 is 0. The van der Waals surface area contributed by atoms with Crippen molar-refractivity contribution in [3.8, 4) is 0 Å². The second-order valence-corrected chi connectivity index (χ2v) is 9.37. The predicted molar refractivity (Wildman–Crippen MR) is 123 cm³/mol. The highest BCUT2D eigenvalue weighted by Gasteiger charge is 2.21. The van der Waals surface area contributed by atoms with Crippen LogP contribution in [0.3, 0.4) is 0 Å². The zero-order valence-electron chi connectivity index (χ0n) is 16.8. The Morgan fingerprint density at radius 3 is 2.90 bits per heavy atom. The lowest BCUT2D eigenvalue weighted by Gasteiger charge is -2.11. The second-order valence-electron chi connectivity index (χ2n) is 7.30. The molecule has 0 atom stereocenters. The van der Waals surface area contributed by atoms with Gasteiger partial charge in [-0.05, 0) is 49.4 Å². The van der Waals surface area contributed by atoms with Gasteiger partial charge in [0.25, 0.3) is 5.56 Å². The summed E-state index contributed by atoms with van der Waals surface area (Å²) in [6.07, 6.45) is 3.09. The van der Waals surface area contributed by atoms with Crippen LogP contribution in [0, 0.1) is 6.92 Å². The number of hydrogen-bond donors (Lipinski definition) is 3. The van der Waals surface area contributed by atoms with E-state index in [1.807, 2.05) is 13.0 Å². The summed E-state index contributed by atoms with van der Waals surface area (Å²) in [6.45, 7) is 3.33. The maximum atomic E-state index is 12.5. The van der Waals surface area contributed by atoms with E-state index in [9.17, 15) is 14.4 Å². The van der Waals surface area contributed by atoms with Gasteiger partial charge in [-0.1, -0.05) is 6.07 Å². The number of carbonyl (C=O) groups is 2. The number of fused-ring (bicyclic) bond motifs is 3. The van der Waals surface area contributed by atoms with Gasteiger partial charge in [0, 0.05) is 23.2 Å². The van der Waals surface area contributed by atoms with Crippen LogP contribution in [0.4, 0.5) is 11.4 Å². The Kier molecular flexibility index (Phi) is 5.92. The van der Waals surface area contributed by atoms with Crippen molar-refractivity contribution in [3.63, 3.8) is 0 Å². The van der Waals surface area contributed by atoms with Crippen LogP contribution in [0.25, 0.3) is 10.2 Å². The summed E-state index contributed by atoms with van der Waals surface area (Å²) in [6, 6.07) is 5.37. The fraction of sp³-hybridized carbons (Fsp3) is 0.333. The lowest BCUT2D eigenvalue weighted by Crippen LogP contribution is -2.16. The Balaban J connectivity index is 1.37. The number of aromatic nitrogens is 2. The van der Waals surface area contributed by atoms with Crippen molar-refractivity contribution in [2.24, 2.45) is 0 Å². The molecule has 0 radical (unpaired) electrons. The van der Waals surface area contributed by atoms with Gasteiger partial charge in [0.15, 0.2) is 0 Å². The van der Waals surface area contributed by atoms with Gasteiger partial charge in [0.1, 0.15) is 10.7 Å². The molecule has 30 heavy (non-hydrogen) atoms. The lowest BCUT2D eigenvalue weighted by molar-refractivity contribution is -0.114. The van der Waals surface area contributed by atoms with Crippen LogP contribution >= 0.6 is 23.1 Å². The summed E-state index contributed by atoms with van der Waals surface area (Å²) >= 11 is 3.01. The molecular weight excluding hydrogens is 420 g/mol. The van der Waals surface area contributed by atoms with Crippen LogP contribution in [-0.2, 0) is 28.2 Å². The molecule has 156 valence electrons. The molecule has 4 rings (SSSR count). The van der Waals surface area contributed by atoms with Gasteiger partial charge in [-0.15, -0.1) is 23.1 Å². The van der Waals surface area contributed by atoms with Crippen molar-refractivity contribution in [2.75, 3.05) is 16.4 Å². The largest absolute Gasteiger partial charge is 0.326 e. The number of benzene rings is 1. The Hall–Kier alpha value is -2.65. The molecule has 0 aliphatic heterocycles. The first-order valence-corrected chi connectivity index (χ1v) is 11.7. The number of nitrogens with one attached hydrogen (secondary N) is 3. The molecule has 0 saturated carbocycles. The first-order chi connectivity index (χ1) is 14.4. The third-order valence-corrected chi connectivity index (χ3v) is 7.06. The number of carbonyl (C=O) groups excluding carboxylic acids is 2. The van der Waals surface area contributed by atoms with E-state index in [0.717, 1.165) is 35.0 Å². The average Bonchev–Trinajstić information content (AvgIpc) is 3.24. The Morgan fingerprint density at radius 2 is 2.10 bits per heavy atom. The summed E-state index contributed by atoms with van der Waals surface area (Å²) in [4.78, 5) is 45.6.